The molecule has 0 aliphatic rings. The molecule has 0 heterocycles. The van der Waals surface area contributed by atoms with E-state index in [1.165, 1.54) is 0 Å². The van der Waals surface area contributed by atoms with E-state index in [-0.39, 0.29) is 14.0 Å². The van der Waals surface area contributed by atoms with Gasteiger partial charge in [-0.25, -0.2) is 0 Å². The summed E-state index contributed by atoms with van der Waals surface area (Å²) >= 11 is 0. The van der Waals surface area contributed by atoms with Crippen LogP contribution < -0.4 is 0 Å². The average molecular weight is 183 g/mol. The first-order chi connectivity index (χ1) is 5.62. The highest BCUT2D eigenvalue weighted by molar-refractivity contribution is 5.55. The molecule has 0 rings (SSSR count). The lowest BCUT2D eigenvalue weighted by atomic mass is 10.4. The molecule has 0 aromatic rings. The highest BCUT2D eigenvalue weighted by Crippen LogP contribution is 1.66. The van der Waals surface area contributed by atoms with Crippen LogP contribution in [-0.2, 0) is 9.59 Å². The fourth-order valence-corrected chi connectivity index (χ4v) is 0.0861. The molecule has 0 amide bonds. The number of hydrogen-bond acceptors (Lipinski definition) is 6. The molecule has 74 valence electrons. The van der Waals surface area contributed by atoms with Gasteiger partial charge >= 0.3 is 0 Å². The third kappa shape index (κ3) is 11.9. The molecule has 0 aromatic heterocycles. The van der Waals surface area contributed by atoms with E-state index in [9.17, 15) is 9.59 Å². The number of aliphatic hydroxyl groups is 4. The average Bonchev–Trinajstić information content (AvgIpc) is 2.16. The van der Waals surface area contributed by atoms with Gasteiger partial charge in [-0.05, 0) is 0 Å². The quantitative estimate of drug-likeness (QED) is 0.353. The molecular formula is C6H14O6. The fraction of sp³-hybridized carbons (Fsp3) is 0.667. The molecule has 0 fully saturated rings. The van der Waals surface area contributed by atoms with Crippen LogP contribution in [0.15, 0.2) is 0 Å². The molecule has 4 N–H and O–H groups in total. The lowest BCUT2D eigenvalue weighted by Crippen LogP contribution is -2.12. The summed E-state index contributed by atoms with van der Waals surface area (Å²) in [6, 6.07) is 0. The molecular weight excluding hydrogens is 168 g/mol. The van der Waals surface area contributed by atoms with Crippen LogP contribution in [-0.4, -0.2) is 58.4 Å². The molecule has 0 aliphatic carbocycles. The zero-order chi connectivity index (χ0) is 9.98. The first-order valence-electron chi connectivity index (χ1n) is 3.10. The van der Waals surface area contributed by atoms with Gasteiger partial charge in [-0.15, -0.1) is 0 Å². The second-order valence-corrected chi connectivity index (χ2v) is 1.77. The number of aldehydes is 2. The first-order valence-corrected chi connectivity index (χ1v) is 3.10. The smallest absolute Gasteiger partial charge is 0.150 e. The summed E-state index contributed by atoms with van der Waals surface area (Å²) in [6.07, 6.45) is -1.82. The van der Waals surface area contributed by atoms with Crippen LogP contribution in [0.4, 0.5) is 0 Å². The molecule has 0 saturated heterocycles. The molecule has 0 aromatic carbocycles. The Hall–Kier alpha value is -0.820. The maximum atomic E-state index is 9.33. The highest BCUT2D eigenvalue weighted by Gasteiger charge is 1.93. The van der Waals surface area contributed by atoms with Gasteiger partial charge in [0.1, 0.15) is 12.2 Å². The van der Waals surface area contributed by atoms with E-state index in [4.69, 9.17) is 20.4 Å². The zero-order valence-electron chi connectivity index (χ0n) is 6.33. The second kappa shape index (κ2) is 10.2. The number of carbonyl (C=O) groups excluding carboxylic acids is 2. The Morgan fingerprint density at radius 2 is 1.25 bits per heavy atom. The Balaban J connectivity index is -0.000000143. The van der Waals surface area contributed by atoms with E-state index >= 15 is 0 Å². The van der Waals surface area contributed by atoms with Crippen LogP contribution in [0.2, 0.25) is 0 Å². The van der Waals surface area contributed by atoms with Crippen molar-refractivity contribution in [1.82, 2.24) is 0 Å². The van der Waals surface area contributed by atoms with Gasteiger partial charge in [-0.2, -0.15) is 0 Å². The topological polar surface area (TPSA) is 115 Å². The number of rotatable bonds is 4. The van der Waals surface area contributed by atoms with Crippen LogP contribution >= 0.6 is 0 Å². The number of hydrogen-bond donors (Lipinski definition) is 4. The molecule has 0 spiro atoms. The second-order valence-electron chi connectivity index (χ2n) is 1.77. The van der Waals surface area contributed by atoms with Crippen LogP contribution in [0.3, 0.4) is 0 Å². The molecule has 0 radical (unpaired) electrons. The third-order valence-corrected chi connectivity index (χ3v) is 0.688. The predicted octanol–water partition coefficient (Wildman–Crippen LogP) is -2.68. The van der Waals surface area contributed by atoms with Crippen molar-refractivity contribution in [2.75, 3.05) is 13.2 Å². The van der Waals surface area contributed by atoms with Crippen molar-refractivity contribution in [2.24, 2.45) is 0 Å². The van der Waals surface area contributed by atoms with Crippen molar-refractivity contribution in [3.8, 4) is 0 Å². The van der Waals surface area contributed by atoms with Gasteiger partial charge in [0.05, 0.1) is 13.2 Å². The summed E-state index contributed by atoms with van der Waals surface area (Å²) in [5, 5.41) is 31.8. The van der Waals surface area contributed by atoms with Gasteiger partial charge in [0.15, 0.2) is 12.6 Å². The van der Waals surface area contributed by atoms with Gasteiger partial charge in [-0.1, -0.05) is 0 Å². The summed E-state index contributed by atoms with van der Waals surface area (Å²) in [5.74, 6) is 0. The van der Waals surface area contributed by atoms with E-state index < -0.39 is 25.4 Å². The third-order valence-electron chi connectivity index (χ3n) is 0.688. The number of carbonyl (C=O) groups is 2. The summed E-state index contributed by atoms with van der Waals surface area (Å²) in [7, 11) is 0. The number of aliphatic hydroxyl groups excluding tert-OH is 4. The lowest BCUT2D eigenvalue weighted by Gasteiger charge is -1.89. The SMILES string of the molecule is O=CC(O)CO.O=CC(O)CO.[2HH]. The summed E-state index contributed by atoms with van der Waals surface area (Å²) in [6.45, 7) is -0.965. The maximum Gasteiger partial charge on any atom is 0.150 e. The zero-order valence-corrected chi connectivity index (χ0v) is 6.33. The minimum absolute atomic E-state index is 0. The van der Waals surface area contributed by atoms with Gasteiger partial charge in [0.25, 0.3) is 0 Å². The monoisotopic (exact) mass is 183 g/mol. The maximum absolute atomic E-state index is 9.33. The largest absolute Gasteiger partial charge is 0.393 e. The van der Waals surface area contributed by atoms with E-state index in [0.717, 1.165) is 0 Å². The van der Waals surface area contributed by atoms with Gasteiger partial charge in [0, 0.05) is 1.43 Å². The van der Waals surface area contributed by atoms with Crippen molar-refractivity contribution in [1.29, 1.82) is 0 Å². The summed E-state index contributed by atoms with van der Waals surface area (Å²) < 4.78 is 0. The molecule has 6 heteroatoms. The van der Waals surface area contributed by atoms with Crippen molar-refractivity contribution >= 4 is 12.6 Å². The molecule has 0 bridgehead atoms. The van der Waals surface area contributed by atoms with Gasteiger partial charge < -0.3 is 30.0 Å². The molecule has 0 aliphatic heterocycles. The summed E-state index contributed by atoms with van der Waals surface area (Å²) in [5.41, 5.74) is 0. The Morgan fingerprint density at radius 3 is 1.25 bits per heavy atom. The predicted molar refractivity (Wildman–Crippen MR) is 40.4 cm³/mol. The van der Waals surface area contributed by atoms with E-state index in [1.807, 2.05) is 0 Å². The van der Waals surface area contributed by atoms with E-state index in [2.05, 4.69) is 0 Å². The van der Waals surface area contributed by atoms with Crippen LogP contribution in [0.1, 0.15) is 1.43 Å². The van der Waals surface area contributed by atoms with Gasteiger partial charge in [0.2, 0.25) is 0 Å². The van der Waals surface area contributed by atoms with Crippen molar-refractivity contribution < 1.29 is 31.4 Å². The minimum atomic E-state index is -1.19. The Labute approximate surface area is 70.6 Å². The van der Waals surface area contributed by atoms with E-state index in [0.29, 0.717) is 0 Å². The Bertz CT molecular complexity index is 106. The normalized spacial score (nSPS) is 13.7. The highest BCUT2D eigenvalue weighted by atomic mass is 16.3. The van der Waals surface area contributed by atoms with Crippen molar-refractivity contribution in [3.05, 3.63) is 0 Å². The molecule has 2 atom stereocenters. The molecule has 6 nitrogen and oxygen atoms in total. The Morgan fingerprint density at radius 1 is 1.00 bits per heavy atom. The van der Waals surface area contributed by atoms with Crippen LogP contribution in [0, 0.1) is 0 Å². The van der Waals surface area contributed by atoms with E-state index in [1.54, 1.807) is 0 Å². The van der Waals surface area contributed by atoms with Gasteiger partial charge in [-0.3, -0.25) is 0 Å². The molecule has 12 heavy (non-hydrogen) atoms. The van der Waals surface area contributed by atoms with Crippen molar-refractivity contribution in [2.45, 2.75) is 12.2 Å². The summed E-state index contributed by atoms with van der Waals surface area (Å²) in [4.78, 5) is 18.7. The van der Waals surface area contributed by atoms with Crippen LogP contribution in [0.5, 0.6) is 0 Å². The first kappa shape index (κ1) is 13.7. The minimum Gasteiger partial charge on any atom is -0.393 e. The Kier molecular flexibility index (Phi) is 11.7. The lowest BCUT2D eigenvalue weighted by molar-refractivity contribution is -0.117. The standard InChI is InChI=1S/2C3H6O3.H2/c2*4-1-3(6)2-5;/h2*1,3,5-6H,2H2;1H/i;;1+1. The molecule has 0 saturated carbocycles. The van der Waals surface area contributed by atoms with Crippen molar-refractivity contribution in [3.63, 3.8) is 0 Å². The molecule has 2 unspecified atom stereocenters. The van der Waals surface area contributed by atoms with Crippen LogP contribution in [0.25, 0.3) is 0 Å². The fourth-order valence-electron chi connectivity index (χ4n) is 0.0861.